The zero-order chi connectivity index (χ0) is 13.8. The number of Topliss-reactive ketones (excluding diaryl/α,β-unsaturated/α-hetero) is 1. The van der Waals surface area contributed by atoms with Crippen LogP contribution in [0, 0.1) is 0 Å². The third-order valence-electron chi connectivity index (χ3n) is 2.57. The highest BCUT2D eigenvalue weighted by Gasteiger charge is 2.09. The number of halogens is 1. The number of thiophene rings is 1. The first-order valence-corrected chi connectivity index (χ1v) is 7.27. The van der Waals surface area contributed by atoms with Crippen molar-refractivity contribution in [3.8, 4) is 11.5 Å². The minimum atomic E-state index is 0.00652. The Morgan fingerprint density at radius 1 is 1.26 bits per heavy atom. The lowest BCUT2D eigenvalue weighted by Gasteiger charge is -2.10. The number of ether oxygens (including phenoxy) is 2. The molecule has 0 aliphatic rings. The first-order valence-electron chi connectivity index (χ1n) is 5.66. The highest BCUT2D eigenvalue weighted by molar-refractivity contribution is 9.11. The van der Waals surface area contributed by atoms with E-state index in [2.05, 4.69) is 15.9 Å². The van der Waals surface area contributed by atoms with Crippen molar-refractivity contribution in [2.75, 3.05) is 7.11 Å². The molecule has 0 saturated heterocycles. The van der Waals surface area contributed by atoms with E-state index in [9.17, 15) is 4.79 Å². The molecule has 0 N–H and O–H groups in total. The van der Waals surface area contributed by atoms with Gasteiger partial charge in [0, 0.05) is 10.4 Å². The van der Waals surface area contributed by atoms with E-state index in [1.165, 1.54) is 6.92 Å². The molecule has 1 heterocycles. The number of hydrogen-bond donors (Lipinski definition) is 0. The minimum absolute atomic E-state index is 0.00652. The first-order chi connectivity index (χ1) is 9.10. The van der Waals surface area contributed by atoms with Crippen molar-refractivity contribution in [1.29, 1.82) is 0 Å². The van der Waals surface area contributed by atoms with Crippen LogP contribution in [0.25, 0.3) is 0 Å². The summed E-state index contributed by atoms with van der Waals surface area (Å²) in [5.74, 6) is 1.22. The molecule has 0 radical (unpaired) electrons. The van der Waals surface area contributed by atoms with Crippen LogP contribution in [0.3, 0.4) is 0 Å². The predicted molar refractivity (Wildman–Crippen MR) is 79.3 cm³/mol. The fourth-order valence-corrected chi connectivity index (χ4v) is 2.98. The molecule has 0 saturated carbocycles. The second-order valence-corrected chi connectivity index (χ2v) is 6.46. The Morgan fingerprint density at radius 2 is 2.05 bits per heavy atom. The van der Waals surface area contributed by atoms with Gasteiger partial charge in [-0.2, -0.15) is 0 Å². The number of hydrogen-bond acceptors (Lipinski definition) is 4. The summed E-state index contributed by atoms with van der Waals surface area (Å²) in [5, 5.41) is 0. The number of ketones is 1. The zero-order valence-corrected chi connectivity index (χ0v) is 13.0. The molecular weight excluding hydrogens is 328 g/mol. The molecule has 3 nitrogen and oxygen atoms in total. The van der Waals surface area contributed by atoms with Gasteiger partial charge in [-0.1, -0.05) is 0 Å². The van der Waals surface area contributed by atoms with Crippen LogP contribution < -0.4 is 9.47 Å². The van der Waals surface area contributed by atoms with Gasteiger partial charge in [-0.3, -0.25) is 4.79 Å². The van der Waals surface area contributed by atoms with Crippen molar-refractivity contribution in [3.05, 3.63) is 44.6 Å². The monoisotopic (exact) mass is 340 g/mol. The van der Waals surface area contributed by atoms with Crippen molar-refractivity contribution in [1.82, 2.24) is 0 Å². The lowest BCUT2D eigenvalue weighted by molar-refractivity contribution is 0.101. The minimum Gasteiger partial charge on any atom is -0.493 e. The molecule has 0 aliphatic heterocycles. The first kappa shape index (κ1) is 14.1. The van der Waals surface area contributed by atoms with E-state index in [1.54, 1.807) is 36.6 Å². The van der Waals surface area contributed by atoms with Crippen molar-refractivity contribution >= 4 is 33.0 Å². The lowest BCUT2D eigenvalue weighted by Crippen LogP contribution is -1.98. The SMILES string of the molecule is COc1cc(C(C)=O)ccc1OCc1ccc(Br)s1. The van der Waals surface area contributed by atoms with Gasteiger partial charge in [-0.05, 0) is 53.2 Å². The second kappa shape index (κ2) is 6.21. The van der Waals surface area contributed by atoms with E-state index >= 15 is 0 Å². The van der Waals surface area contributed by atoms with Gasteiger partial charge in [0.15, 0.2) is 17.3 Å². The average Bonchev–Trinajstić information content (AvgIpc) is 2.81. The predicted octanol–water partition coefficient (Wildman–Crippen LogP) is 4.30. The van der Waals surface area contributed by atoms with E-state index in [4.69, 9.17) is 9.47 Å². The van der Waals surface area contributed by atoms with Crippen LogP contribution >= 0.6 is 27.3 Å². The zero-order valence-electron chi connectivity index (χ0n) is 10.6. The molecule has 0 amide bonds. The molecular formula is C14H13BrO3S. The number of carbonyl (C=O) groups is 1. The fourth-order valence-electron chi connectivity index (χ4n) is 1.58. The van der Waals surface area contributed by atoms with Crippen molar-refractivity contribution < 1.29 is 14.3 Å². The number of rotatable bonds is 5. The van der Waals surface area contributed by atoms with Gasteiger partial charge in [0.25, 0.3) is 0 Å². The molecule has 2 rings (SSSR count). The molecule has 0 aliphatic carbocycles. The topological polar surface area (TPSA) is 35.5 Å². The van der Waals surface area contributed by atoms with Crippen LogP contribution in [-0.4, -0.2) is 12.9 Å². The maximum Gasteiger partial charge on any atom is 0.161 e. The van der Waals surface area contributed by atoms with Gasteiger partial charge in [0.2, 0.25) is 0 Å². The Hall–Kier alpha value is -1.33. The normalized spacial score (nSPS) is 10.3. The van der Waals surface area contributed by atoms with E-state index in [0.717, 1.165) is 8.66 Å². The third-order valence-corrected chi connectivity index (χ3v) is 4.17. The van der Waals surface area contributed by atoms with Crippen LogP contribution in [0.5, 0.6) is 11.5 Å². The molecule has 1 aromatic carbocycles. The highest BCUT2D eigenvalue weighted by Crippen LogP contribution is 2.30. The fraction of sp³-hybridized carbons (Fsp3) is 0.214. The van der Waals surface area contributed by atoms with E-state index in [0.29, 0.717) is 23.7 Å². The van der Waals surface area contributed by atoms with Crippen LogP contribution in [0.1, 0.15) is 22.2 Å². The molecule has 1 aromatic heterocycles. The Bertz CT molecular complexity index is 592. The quantitative estimate of drug-likeness (QED) is 0.761. The molecule has 0 spiro atoms. The molecule has 0 fully saturated rings. The largest absolute Gasteiger partial charge is 0.493 e. The molecule has 100 valence electrons. The van der Waals surface area contributed by atoms with Gasteiger partial charge in [0.1, 0.15) is 6.61 Å². The highest BCUT2D eigenvalue weighted by atomic mass is 79.9. The van der Waals surface area contributed by atoms with Crippen LogP contribution in [0.4, 0.5) is 0 Å². The summed E-state index contributed by atoms with van der Waals surface area (Å²) in [6, 6.07) is 9.19. The summed E-state index contributed by atoms with van der Waals surface area (Å²) >= 11 is 5.04. The number of methoxy groups -OCH3 is 1. The molecule has 5 heteroatoms. The maximum absolute atomic E-state index is 11.3. The molecule has 2 aromatic rings. The number of benzene rings is 1. The standard InChI is InChI=1S/C14H13BrO3S/c1-9(16)10-3-5-12(13(7-10)17-2)18-8-11-4-6-14(15)19-11/h3-7H,8H2,1-2H3. The molecule has 0 atom stereocenters. The maximum atomic E-state index is 11.3. The van der Waals surface area contributed by atoms with Crippen LogP contribution in [0.2, 0.25) is 0 Å². The van der Waals surface area contributed by atoms with Gasteiger partial charge in [0.05, 0.1) is 10.9 Å². The molecule has 19 heavy (non-hydrogen) atoms. The van der Waals surface area contributed by atoms with Gasteiger partial charge in [-0.25, -0.2) is 0 Å². The van der Waals surface area contributed by atoms with Gasteiger partial charge in [-0.15, -0.1) is 11.3 Å². The Balaban J connectivity index is 2.13. The van der Waals surface area contributed by atoms with Crippen molar-refractivity contribution in [2.24, 2.45) is 0 Å². The third kappa shape index (κ3) is 3.58. The Labute approximate surface area is 124 Å². The lowest BCUT2D eigenvalue weighted by atomic mass is 10.1. The molecule has 0 bridgehead atoms. The number of carbonyl (C=O) groups excluding carboxylic acids is 1. The van der Waals surface area contributed by atoms with E-state index in [-0.39, 0.29) is 5.78 Å². The smallest absolute Gasteiger partial charge is 0.161 e. The summed E-state index contributed by atoms with van der Waals surface area (Å²) in [6.07, 6.45) is 0. The van der Waals surface area contributed by atoms with Crippen LogP contribution in [-0.2, 0) is 6.61 Å². The summed E-state index contributed by atoms with van der Waals surface area (Å²) in [5.41, 5.74) is 0.614. The summed E-state index contributed by atoms with van der Waals surface area (Å²) in [4.78, 5) is 12.4. The molecule has 0 unspecified atom stereocenters. The Kier molecular flexibility index (Phi) is 4.61. The van der Waals surface area contributed by atoms with E-state index in [1.807, 2.05) is 12.1 Å². The van der Waals surface area contributed by atoms with Gasteiger partial charge >= 0.3 is 0 Å². The second-order valence-electron chi connectivity index (χ2n) is 3.92. The van der Waals surface area contributed by atoms with E-state index < -0.39 is 0 Å². The van der Waals surface area contributed by atoms with Crippen molar-refractivity contribution in [3.63, 3.8) is 0 Å². The Morgan fingerprint density at radius 3 is 2.63 bits per heavy atom. The summed E-state index contributed by atoms with van der Waals surface area (Å²) in [6.45, 7) is 2.00. The van der Waals surface area contributed by atoms with Gasteiger partial charge < -0.3 is 9.47 Å². The van der Waals surface area contributed by atoms with Crippen LogP contribution in [0.15, 0.2) is 34.1 Å². The average molecular weight is 341 g/mol. The van der Waals surface area contributed by atoms with Crippen molar-refractivity contribution in [2.45, 2.75) is 13.5 Å². The summed E-state index contributed by atoms with van der Waals surface area (Å²) in [7, 11) is 1.56. The summed E-state index contributed by atoms with van der Waals surface area (Å²) < 4.78 is 12.0.